The number of carbonyl (C=O) groups is 1. The summed E-state index contributed by atoms with van der Waals surface area (Å²) in [4.78, 5) is 24.7. The van der Waals surface area contributed by atoms with Crippen molar-refractivity contribution in [3.8, 4) is 0 Å². The Morgan fingerprint density at radius 2 is 1.30 bits per heavy atom. The van der Waals surface area contributed by atoms with Crippen LogP contribution >= 0.6 is 7.82 Å². The molecule has 0 saturated carbocycles. The maximum atomic E-state index is 12.5. The van der Waals surface area contributed by atoms with Gasteiger partial charge < -0.3 is 27.9 Å². The fraction of sp³-hybridized carbons (Fsp3) is 0.743. The molecule has 0 amide bonds. The number of ether oxygens (including phenoxy) is 2. The van der Waals surface area contributed by atoms with Crippen molar-refractivity contribution < 1.29 is 37.3 Å². The summed E-state index contributed by atoms with van der Waals surface area (Å²) in [7, 11) is 1.31. The number of quaternary nitrogens is 1. The second-order valence-corrected chi connectivity index (χ2v) is 13.6. The number of esters is 1. The molecular formula is C35H64NO7P. The molecule has 0 aliphatic rings. The second-order valence-electron chi connectivity index (χ2n) is 12.1. The summed E-state index contributed by atoms with van der Waals surface area (Å²) in [5, 5.41) is 0. The van der Waals surface area contributed by atoms with Gasteiger partial charge in [0.2, 0.25) is 0 Å². The van der Waals surface area contributed by atoms with E-state index >= 15 is 0 Å². The van der Waals surface area contributed by atoms with Crippen LogP contribution in [0.3, 0.4) is 0 Å². The van der Waals surface area contributed by atoms with E-state index in [4.69, 9.17) is 18.5 Å². The van der Waals surface area contributed by atoms with Crippen LogP contribution in [0.1, 0.15) is 110 Å². The van der Waals surface area contributed by atoms with Crippen molar-refractivity contribution >= 4 is 13.8 Å². The van der Waals surface area contributed by atoms with Crippen molar-refractivity contribution in [2.75, 3.05) is 54.1 Å². The fourth-order valence-corrected chi connectivity index (χ4v) is 4.75. The molecule has 0 N–H and O–H groups in total. The van der Waals surface area contributed by atoms with Crippen molar-refractivity contribution in [1.29, 1.82) is 0 Å². The average Bonchev–Trinajstić information content (AvgIpc) is 2.96. The molecule has 0 aliphatic heterocycles. The zero-order valence-corrected chi connectivity index (χ0v) is 29.5. The predicted molar refractivity (Wildman–Crippen MR) is 180 cm³/mol. The van der Waals surface area contributed by atoms with Gasteiger partial charge in [-0.3, -0.25) is 9.36 Å². The van der Waals surface area contributed by atoms with E-state index in [9.17, 15) is 14.3 Å². The largest absolute Gasteiger partial charge is 0.756 e. The zero-order valence-electron chi connectivity index (χ0n) is 28.6. The Morgan fingerprint density at radius 3 is 1.89 bits per heavy atom. The van der Waals surface area contributed by atoms with E-state index in [1.54, 1.807) is 0 Å². The third-order valence-electron chi connectivity index (χ3n) is 6.64. The number of nitrogens with zero attached hydrogens (tertiary/aromatic N) is 1. The molecule has 0 aromatic heterocycles. The molecule has 9 heteroatoms. The molecule has 0 heterocycles. The highest BCUT2D eigenvalue weighted by molar-refractivity contribution is 7.45. The molecule has 0 aliphatic carbocycles. The Hall–Kier alpha value is -1.54. The van der Waals surface area contributed by atoms with E-state index in [1.807, 2.05) is 21.1 Å². The minimum Gasteiger partial charge on any atom is -0.756 e. The van der Waals surface area contributed by atoms with Crippen molar-refractivity contribution in [2.24, 2.45) is 0 Å². The number of carbonyl (C=O) groups excluding carboxylic acids is 1. The van der Waals surface area contributed by atoms with Gasteiger partial charge in [-0.15, -0.1) is 0 Å². The molecule has 0 rings (SSSR count). The van der Waals surface area contributed by atoms with Crippen molar-refractivity contribution in [3.05, 3.63) is 48.6 Å². The lowest BCUT2D eigenvalue weighted by Crippen LogP contribution is -2.37. The summed E-state index contributed by atoms with van der Waals surface area (Å²) >= 11 is 0. The Bertz CT molecular complexity index is 849. The van der Waals surface area contributed by atoms with Gasteiger partial charge in [0.05, 0.1) is 34.4 Å². The fourth-order valence-electron chi connectivity index (χ4n) is 4.02. The summed E-state index contributed by atoms with van der Waals surface area (Å²) in [6.45, 7) is 5.07. The van der Waals surface area contributed by atoms with Gasteiger partial charge >= 0.3 is 5.97 Å². The lowest BCUT2D eigenvalue weighted by molar-refractivity contribution is -0.870. The van der Waals surface area contributed by atoms with Crippen LogP contribution in [0, 0.1) is 0 Å². The number of rotatable bonds is 30. The Morgan fingerprint density at radius 1 is 0.727 bits per heavy atom. The highest BCUT2D eigenvalue weighted by atomic mass is 31.2. The van der Waals surface area contributed by atoms with Gasteiger partial charge in [0.15, 0.2) is 0 Å². The number of likely N-dealkylation sites (N-methyl/N-ethyl adjacent to an activating group) is 1. The minimum absolute atomic E-state index is 0.0149. The number of unbranched alkanes of at least 4 members (excludes halogenated alkanes) is 8. The van der Waals surface area contributed by atoms with Crippen molar-refractivity contribution in [2.45, 2.75) is 116 Å². The number of hydrogen-bond acceptors (Lipinski definition) is 7. The first-order valence-electron chi connectivity index (χ1n) is 16.9. The van der Waals surface area contributed by atoms with Crippen LogP contribution < -0.4 is 4.89 Å². The molecule has 44 heavy (non-hydrogen) atoms. The number of hydrogen-bond donors (Lipinski definition) is 0. The quantitative estimate of drug-likeness (QED) is 0.0256. The van der Waals surface area contributed by atoms with E-state index < -0.39 is 13.9 Å². The molecule has 256 valence electrons. The predicted octanol–water partition coefficient (Wildman–Crippen LogP) is 8.24. The van der Waals surface area contributed by atoms with Crippen LogP contribution in [0.5, 0.6) is 0 Å². The molecule has 0 spiro atoms. The minimum atomic E-state index is -4.52. The van der Waals surface area contributed by atoms with E-state index in [-0.39, 0.29) is 25.8 Å². The Labute approximate surface area is 269 Å². The Balaban J connectivity index is 4.45. The molecule has 0 aromatic rings. The summed E-state index contributed by atoms with van der Waals surface area (Å²) < 4.78 is 34.1. The number of phosphoric acid groups is 1. The average molecular weight is 642 g/mol. The first-order chi connectivity index (χ1) is 21.1. The zero-order chi connectivity index (χ0) is 32.8. The molecule has 8 nitrogen and oxygen atoms in total. The normalized spacial score (nSPS) is 14.8. The Kier molecular flexibility index (Phi) is 27.9. The van der Waals surface area contributed by atoms with Crippen LogP contribution in [0.25, 0.3) is 0 Å². The molecule has 0 aromatic carbocycles. The summed E-state index contributed by atoms with van der Waals surface area (Å²) in [5.41, 5.74) is 0. The van der Waals surface area contributed by atoms with Crippen LogP contribution in [-0.4, -0.2) is 70.7 Å². The third kappa shape index (κ3) is 31.9. The first-order valence-corrected chi connectivity index (χ1v) is 18.3. The maximum Gasteiger partial charge on any atom is 0.306 e. The van der Waals surface area contributed by atoms with E-state index in [1.165, 1.54) is 32.1 Å². The highest BCUT2D eigenvalue weighted by Gasteiger charge is 2.20. The van der Waals surface area contributed by atoms with Gasteiger partial charge in [0.25, 0.3) is 7.82 Å². The molecule has 2 unspecified atom stereocenters. The monoisotopic (exact) mass is 641 g/mol. The van der Waals surface area contributed by atoms with Crippen LogP contribution in [0.4, 0.5) is 0 Å². The lowest BCUT2D eigenvalue weighted by Gasteiger charge is -2.28. The van der Waals surface area contributed by atoms with Crippen molar-refractivity contribution in [1.82, 2.24) is 0 Å². The summed E-state index contributed by atoms with van der Waals surface area (Å²) in [6.07, 6.45) is 31.4. The lowest BCUT2D eigenvalue weighted by atomic mass is 10.1. The van der Waals surface area contributed by atoms with Crippen LogP contribution in [-0.2, 0) is 27.9 Å². The highest BCUT2D eigenvalue weighted by Crippen LogP contribution is 2.38. The molecule has 0 fully saturated rings. The van der Waals surface area contributed by atoms with Gasteiger partial charge in [-0.1, -0.05) is 107 Å². The molecule has 0 bridgehead atoms. The number of allylic oxidation sites excluding steroid dienone is 8. The SMILES string of the molecule is CC/C=C\C/C=C\C/C=C\C/C=C\CCCOCC(COP(=O)([O-])OCC[N+](C)(C)C)OC(=O)CCCCCCCCCC. The second kappa shape index (κ2) is 28.9. The van der Waals surface area contributed by atoms with Gasteiger partial charge in [-0.05, 0) is 44.9 Å². The van der Waals surface area contributed by atoms with Crippen molar-refractivity contribution in [3.63, 3.8) is 0 Å². The summed E-state index contributed by atoms with van der Waals surface area (Å²) in [6, 6.07) is 0. The van der Waals surface area contributed by atoms with Crippen LogP contribution in [0.15, 0.2) is 48.6 Å². The summed E-state index contributed by atoms with van der Waals surface area (Å²) in [5.74, 6) is -0.361. The third-order valence-corrected chi connectivity index (χ3v) is 7.61. The molecule has 0 radical (unpaired) electrons. The molecule has 0 saturated heterocycles. The first kappa shape index (κ1) is 42.5. The molecular weight excluding hydrogens is 577 g/mol. The maximum absolute atomic E-state index is 12.5. The van der Waals surface area contributed by atoms with Gasteiger partial charge in [0, 0.05) is 13.0 Å². The van der Waals surface area contributed by atoms with Gasteiger partial charge in [0.1, 0.15) is 19.3 Å². The molecule has 2 atom stereocenters. The van der Waals surface area contributed by atoms with Crippen LogP contribution in [0.2, 0.25) is 0 Å². The van der Waals surface area contributed by atoms with Gasteiger partial charge in [-0.25, -0.2) is 0 Å². The van der Waals surface area contributed by atoms with E-state index in [0.29, 0.717) is 24.1 Å². The number of phosphoric ester groups is 1. The standard InChI is InChI=1S/C35H64NO7P/c1-6-8-10-12-14-16-17-18-19-20-21-23-25-27-30-40-32-34(33-42-44(38,39)41-31-29-36(3,4)5)43-35(37)28-26-24-22-15-13-11-9-7-2/h8,10,14,16,18-19,21,23,34H,6-7,9,11-13,15,17,20,22,24-33H2,1-5H3/b10-8-,16-14-,19-18-,23-21-. The topological polar surface area (TPSA) is 94.1 Å². The van der Waals surface area contributed by atoms with E-state index in [2.05, 4.69) is 62.5 Å². The van der Waals surface area contributed by atoms with Gasteiger partial charge in [-0.2, -0.15) is 0 Å². The smallest absolute Gasteiger partial charge is 0.306 e. The van der Waals surface area contributed by atoms with E-state index in [0.717, 1.165) is 57.8 Å².